The number of nitrogens with one attached hydrogen (secondary N) is 1. The molecule has 8 nitrogen and oxygen atoms in total. The van der Waals surface area contributed by atoms with Gasteiger partial charge < -0.3 is 10.1 Å². The van der Waals surface area contributed by atoms with Gasteiger partial charge in [0.25, 0.3) is 5.91 Å². The van der Waals surface area contributed by atoms with Gasteiger partial charge >= 0.3 is 5.69 Å². The maximum Gasteiger partial charge on any atom is 0.311 e. The van der Waals surface area contributed by atoms with Crippen LogP contribution < -0.4 is 10.1 Å². The highest BCUT2D eigenvalue weighted by molar-refractivity contribution is 6.05. The molecule has 1 heterocycles. The van der Waals surface area contributed by atoms with Gasteiger partial charge in [-0.2, -0.15) is 5.10 Å². The second kappa shape index (κ2) is 5.61. The molecule has 1 aromatic carbocycles. The van der Waals surface area contributed by atoms with E-state index in [0.29, 0.717) is 11.4 Å². The van der Waals surface area contributed by atoms with Crippen molar-refractivity contribution in [1.29, 1.82) is 0 Å². The van der Waals surface area contributed by atoms with E-state index in [1.165, 1.54) is 25.3 Å². The van der Waals surface area contributed by atoms with Crippen LogP contribution in [0, 0.1) is 17.0 Å². The third kappa shape index (κ3) is 2.99. The molecule has 110 valence electrons. The third-order valence-electron chi connectivity index (χ3n) is 2.90. The quantitative estimate of drug-likeness (QED) is 0.684. The number of nitro benzene ring substituents is 1. The molecule has 0 fully saturated rings. The number of benzene rings is 1. The molecule has 0 aliphatic carbocycles. The minimum absolute atomic E-state index is 0.106. The molecule has 1 amide bonds. The average Bonchev–Trinajstić information content (AvgIpc) is 2.75. The van der Waals surface area contributed by atoms with Crippen LogP contribution in [0.3, 0.4) is 0 Å². The molecule has 1 N–H and O–H groups in total. The highest BCUT2D eigenvalue weighted by Crippen LogP contribution is 2.27. The summed E-state index contributed by atoms with van der Waals surface area (Å²) in [5.74, 6) is -0.342. The van der Waals surface area contributed by atoms with Gasteiger partial charge in [0.15, 0.2) is 5.75 Å². The molecule has 0 saturated heterocycles. The zero-order chi connectivity index (χ0) is 15.6. The number of nitro groups is 1. The van der Waals surface area contributed by atoms with Crippen molar-refractivity contribution in [2.45, 2.75) is 6.92 Å². The molecule has 0 atom stereocenters. The fourth-order valence-corrected chi connectivity index (χ4v) is 1.89. The molecule has 8 heteroatoms. The minimum atomic E-state index is -0.592. The lowest BCUT2D eigenvalue weighted by Crippen LogP contribution is -2.12. The number of aromatic nitrogens is 2. The van der Waals surface area contributed by atoms with Crippen molar-refractivity contribution in [2.24, 2.45) is 7.05 Å². The van der Waals surface area contributed by atoms with Gasteiger partial charge in [-0.1, -0.05) is 0 Å². The van der Waals surface area contributed by atoms with E-state index in [4.69, 9.17) is 4.74 Å². The van der Waals surface area contributed by atoms with Crippen LogP contribution in [0.4, 0.5) is 11.4 Å². The van der Waals surface area contributed by atoms with E-state index in [0.717, 1.165) is 0 Å². The number of methoxy groups -OCH3 is 1. The number of ether oxygens (including phenoxy) is 1. The summed E-state index contributed by atoms with van der Waals surface area (Å²) in [4.78, 5) is 22.5. The van der Waals surface area contributed by atoms with Crippen LogP contribution in [-0.4, -0.2) is 27.7 Å². The summed E-state index contributed by atoms with van der Waals surface area (Å²) < 4.78 is 6.47. The van der Waals surface area contributed by atoms with Crippen LogP contribution in [0.2, 0.25) is 0 Å². The number of amides is 1. The molecule has 0 radical (unpaired) electrons. The van der Waals surface area contributed by atoms with E-state index >= 15 is 0 Å². The van der Waals surface area contributed by atoms with E-state index in [1.54, 1.807) is 24.9 Å². The van der Waals surface area contributed by atoms with Crippen molar-refractivity contribution in [3.63, 3.8) is 0 Å². The first-order valence-corrected chi connectivity index (χ1v) is 6.06. The average molecular weight is 290 g/mol. The summed E-state index contributed by atoms with van der Waals surface area (Å²) in [6.45, 7) is 1.76. The Hall–Kier alpha value is -2.90. The van der Waals surface area contributed by atoms with Gasteiger partial charge in [-0.05, 0) is 19.1 Å². The van der Waals surface area contributed by atoms with Gasteiger partial charge in [0, 0.05) is 24.9 Å². The Kier molecular flexibility index (Phi) is 3.88. The molecule has 2 aromatic rings. The topological polar surface area (TPSA) is 99.3 Å². The van der Waals surface area contributed by atoms with Gasteiger partial charge in [-0.25, -0.2) is 0 Å². The lowest BCUT2D eigenvalue weighted by Gasteiger charge is -2.06. The lowest BCUT2D eigenvalue weighted by molar-refractivity contribution is -0.385. The van der Waals surface area contributed by atoms with E-state index < -0.39 is 10.8 Å². The third-order valence-corrected chi connectivity index (χ3v) is 2.90. The Morgan fingerprint density at radius 3 is 2.71 bits per heavy atom. The summed E-state index contributed by atoms with van der Waals surface area (Å²) in [6.07, 6.45) is 1.66. The van der Waals surface area contributed by atoms with Crippen molar-refractivity contribution in [3.8, 4) is 5.75 Å². The smallest absolute Gasteiger partial charge is 0.311 e. The first kappa shape index (κ1) is 14.5. The normalized spacial score (nSPS) is 10.2. The van der Waals surface area contributed by atoms with Crippen LogP contribution in [0.15, 0.2) is 24.4 Å². The fraction of sp³-hybridized carbons (Fsp3) is 0.231. The Morgan fingerprint density at radius 1 is 1.48 bits per heavy atom. The minimum Gasteiger partial charge on any atom is -0.490 e. The maximum absolute atomic E-state index is 12.1. The molecule has 0 aliphatic rings. The summed E-state index contributed by atoms with van der Waals surface area (Å²) >= 11 is 0. The van der Waals surface area contributed by atoms with Gasteiger partial charge in [0.2, 0.25) is 0 Å². The standard InChI is InChI=1S/C13H14N4O4/c1-8-10(7-16(2)15-8)14-13(18)9-4-5-12(21-3)11(6-9)17(19)20/h4-7H,1-3H3,(H,14,18). The summed E-state index contributed by atoms with van der Waals surface area (Å²) in [6, 6.07) is 4.04. The Balaban J connectivity index is 2.29. The van der Waals surface area contributed by atoms with Gasteiger partial charge in [-0.15, -0.1) is 0 Å². The fourth-order valence-electron chi connectivity index (χ4n) is 1.89. The number of nitrogens with zero attached hydrogens (tertiary/aromatic N) is 3. The van der Waals surface area contributed by atoms with Crippen molar-refractivity contribution in [3.05, 3.63) is 45.8 Å². The maximum atomic E-state index is 12.1. The Bertz CT molecular complexity index is 708. The van der Waals surface area contributed by atoms with E-state index in [1.807, 2.05) is 0 Å². The number of aryl methyl sites for hydroxylation is 2. The van der Waals surface area contributed by atoms with Crippen LogP contribution in [0.25, 0.3) is 0 Å². The Labute approximate surface area is 120 Å². The molecule has 0 aliphatic heterocycles. The second-order valence-electron chi connectivity index (χ2n) is 4.40. The highest BCUT2D eigenvalue weighted by Gasteiger charge is 2.18. The van der Waals surface area contributed by atoms with Crippen LogP contribution in [0.5, 0.6) is 5.75 Å². The van der Waals surface area contributed by atoms with Crippen molar-refractivity contribution < 1.29 is 14.5 Å². The number of rotatable bonds is 4. The number of anilines is 1. The predicted molar refractivity (Wildman–Crippen MR) is 75.5 cm³/mol. The van der Waals surface area contributed by atoms with Gasteiger partial charge in [-0.3, -0.25) is 19.6 Å². The SMILES string of the molecule is COc1ccc(C(=O)Nc2cn(C)nc2C)cc1[N+](=O)[O-]. The second-order valence-corrected chi connectivity index (χ2v) is 4.40. The van der Waals surface area contributed by atoms with E-state index in [-0.39, 0.29) is 17.0 Å². The van der Waals surface area contributed by atoms with Crippen molar-refractivity contribution >= 4 is 17.3 Å². The molecule has 0 bridgehead atoms. The van der Waals surface area contributed by atoms with Gasteiger partial charge in [0.05, 0.1) is 23.4 Å². The number of carbonyl (C=O) groups is 1. The predicted octanol–water partition coefficient (Wildman–Crippen LogP) is 1.90. The zero-order valence-corrected chi connectivity index (χ0v) is 11.8. The molecule has 0 spiro atoms. The molecular weight excluding hydrogens is 276 g/mol. The molecule has 0 unspecified atom stereocenters. The van der Waals surface area contributed by atoms with Crippen LogP contribution in [0.1, 0.15) is 16.1 Å². The van der Waals surface area contributed by atoms with E-state index in [9.17, 15) is 14.9 Å². The first-order valence-electron chi connectivity index (χ1n) is 6.06. The molecule has 21 heavy (non-hydrogen) atoms. The summed E-state index contributed by atoms with van der Waals surface area (Å²) in [5.41, 5.74) is 1.13. The molecule has 0 saturated carbocycles. The molecular formula is C13H14N4O4. The van der Waals surface area contributed by atoms with Crippen molar-refractivity contribution in [1.82, 2.24) is 9.78 Å². The number of hydrogen-bond acceptors (Lipinski definition) is 5. The monoisotopic (exact) mass is 290 g/mol. The first-order chi connectivity index (χ1) is 9.92. The lowest BCUT2D eigenvalue weighted by atomic mass is 10.1. The number of hydrogen-bond donors (Lipinski definition) is 1. The van der Waals surface area contributed by atoms with Crippen LogP contribution in [-0.2, 0) is 7.05 Å². The highest BCUT2D eigenvalue weighted by atomic mass is 16.6. The largest absolute Gasteiger partial charge is 0.490 e. The zero-order valence-electron chi connectivity index (χ0n) is 11.8. The van der Waals surface area contributed by atoms with E-state index in [2.05, 4.69) is 10.4 Å². The molecule has 2 rings (SSSR count). The number of carbonyl (C=O) groups excluding carboxylic acids is 1. The van der Waals surface area contributed by atoms with Crippen molar-refractivity contribution in [2.75, 3.05) is 12.4 Å². The summed E-state index contributed by atoms with van der Waals surface area (Å²) in [5, 5.41) is 17.7. The molecule has 1 aromatic heterocycles. The summed E-state index contributed by atoms with van der Waals surface area (Å²) in [7, 11) is 3.07. The van der Waals surface area contributed by atoms with Gasteiger partial charge in [0.1, 0.15) is 0 Å². The Morgan fingerprint density at radius 2 is 2.19 bits per heavy atom. The van der Waals surface area contributed by atoms with Crippen LogP contribution >= 0.6 is 0 Å².